The van der Waals surface area contributed by atoms with Crippen LogP contribution in [0.5, 0.6) is 0 Å². The maximum atomic E-state index is 6.13. The van der Waals surface area contributed by atoms with Gasteiger partial charge in [0.25, 0.3) is 0 Å². The van der Waals surface area contributed by atoms with Gasteiger partial charge in [0.05, 0.1) is 10.7 Å². The van der Waals surface area contributed by atoms with Crippen LogP contribution in [0.3, 0.4) is 0 Å². The van der Waals surface area contributed by atoms with Gasteiger partial charge in [-0.25, -0.2) is 4.98 Å². The third kappa shape index (κ3) is 3.30. The molecule has 2 N–H and O–H groups in total. The second-order valence-corrected chi connectivity index (χ2v) is 7.78. The van der Waals surface area contributed by atoms with Crippen molar-refractivity contribution in [1.82, 2.24) is 4.98 Å². The summed E-state index contributed by atoms with van der Waals surface area (Å²) in [7, 11) is 0. The minimum absolute atomic E-state index is 0.00545. The highest BCUT2D eigenvalue weighted by Crippen LogP contribution is 2.35. The number of nitrogens with two attached hydrogens (primary N) is 1. The molecule has 2 nitrogen and oxygen atoms in total. The van der Waals surface area contributed by atoms with Crippen LogP contribution in [0.15, 0.2) is 22.7 Å². The van der Waals surface area contributed by atoms with E-state index in [0.717, 1.165) is 27.2 Å². The average Bonchev–Trinajstić information content (AvgIpc) is 2.66. The number of anilines is 1. The zero-order valence-electron chi connectivity index (χ0n) is 11.1. The van der Waals surface area contributed by atoms with Crippen LogP contribution in [0.25, 0.3) is 0 Å². The highest BCUT2D eigenvalue weighted by molar-refractivity contribution is 9.10. The van der Waals surface area contributed by atoms with Crippen molar-refractivity contribution in [1.29, 1.82) is 0 Å². The lowest BCUT2D eigenvalue weighted by Crippen LogP contribution is -2.14. The zero-order valence-corrected chi connectivity index (χ0v) is 14.3. The summed E-state index contributed by atoms with van der Waals surface area (Å²) in [5.41, 5.74) is 8.09. The van der Waals surface area contributed by atoms with E-state index in [2.05, 4.69) is 47.8 Å². The quantitative estimate of drug-likeness (QED) is 0.816. The van der Waals surface area contributed by atoms with Gasteiger partial charge >= 0.3 is 0 Å². The Morgan fingerprint density at radius 3 is 2.68 bits per heavy atom. The lowest BCUT2D eigenvalue weighted by atomic mass is 9.90. The van der Waals surface area contributed by atoms with Crippen molar-refractivity contribution in [2.75, 3.05) is 5.73 Å². The zero-order chi connectivity index (χ0) is 14.2. The average molecular weight is 360 g/mol. The summed E-state index contributed by atoms with van der Waals surface area (Å²) < 4.78 is 0.948. The summed E-state index contributed by atoms with van der Waals surface area (Å²) in [6, 6.07) is 5.91. The van der Waals surface area contributed by atoms with E-state index in [4.69, 9.17) is 17.3 Å². The largest absolute Gasteiger partial charge is 0.375 e. The molecule has 19 heavy (non-hydrogen) atoms. The lowest BCUT2D eigenvalue weighted by Gasteiger charge is -2.17. The number of thiazole rings is 1. The second-order valence-electron chi connectivity index (χ2n) is 5.46. The van der Waals surface area contributed by atoms with Crippen LogP contribution in [-0.4, -0.2) is 4.98 Å². The minimum atomic E-state index is -0.00545. The standard InChI is InChI=1S/C14H16BrClN2S/c1-14(2,3)12-10(19-13(17)18-12)7-8-5-4-6-9(16)11(8)15/h4-6H,7H2,1-3H3,(H2,17,18). The fraction of sp³-hybridized carbons (Fsp3) is 0.357. The molecular formula is C14H16BrClN2S. The highest BCUT2D eigenvalue weighted by Gasteiger charge is 2.23. The van der Waals surface area contributed by atoms with Gasteiger partial charge in [-0.05, 0) is 27.6 Å². The molecule has 0 unspecified atom stereocenters. The molecule has 102 valence electrons. The van der Waals surface area contributed by atoms with E-state index in [1.54, 1.807) is 11.3 Å². The van der Waals surface area contributed by atoms with E-state index in [-0.39, 0.29) is 5.41 Å². The number of hydrogen-bond acceptors (Lipinski definition) is 3. The minimum Gasteiger partial charge on any atom is -0.375 e. The number of nitrogens with zero attached hydrogens (tertiary/aromatic N) is 1. The SMILES string of the molecule is CC(C)(C)c1nc(N)sc1Cc1cccc(Cl)c1Br. The molecule has 0 radical (unpaired) electrons. The highest BCUT2D eigenvalue weighted by atomic mass is 79.9. The van der Waals surface area contributed by atoms with Crippen LogP contribution < -0.4 is 5.73 Å². The van der Waals surface area contributed by atoms with Gasteiger partial charge < -0.3 is 5.73 Å². The van der Waals surface area contributed by atoms with Gasteiger partial charge in [0.2, 0.25) is 0 Å². The third-order valence-electron chi connectivity index (χ3n) is 2.81. The van der Waals surface area contributed by atoms with Gasteiger partial charge in [-0.2, -0.15) is 0 Å². The molecule has 0 aliphatic rings. The number of hydrogen-bond donors (Lipinski definition) is 1. The Morgan fingerprint density at radius 2 is 2.05 bits per heavy atom. The van der Waals surface area contributed by atoms with Crippen LogP contribution in [-0.2, 0) is 11.8 Å². The van der Waals surface area contributed by atoms with Gasteiger partial charge in [0, 0.05) is 21.2 Å². The molecule has 0 fully saturated rings. The van der Waals surface area contributed by atoms with Gasteiger partial charge in [-0.1, -0.05) is 44.5 Å². The summed E-state index contributed by atoms with van der Waals surface area (Å²) in [5, 5.41) is 1.35. The summed E-state index contributed by atoms with van der Waals surface area (Å²) in [6.45, 7) is 6.45. The molecule has 1 aromatic carbocycles. The van der Waals surface area contributed by atoms with Crippen molar-refractivity contribution in [3.8, 4) is 0 Å². The van der Waals surface area contributed by atoms with Crippen LogP contribution >= 0.6 is 38.9 Å². The first-order chi connectivity index (χ1) is 8.79. The number of rotatable bonds is 2. The van der Waals surface area contributed by atoms with E-state index in [9.17, 15) is 0 Å². The molecular weight excluding hydrogens is 344 g/mol. The monoisotopic (exact) mass is 358 g/mol. The van der Waals surface area contributed by atoms with Crippen molar-refractivity contribution in [3.63, 3.8) is 0 Å². The fourth-order valence-electron chi connectivity index (χ4n) is 1.93. The van der Waals surface area contributed by atoms with Gasteiger partial charge in [0.1, 0.15) is 0 Å². The van der Waals surface area contributed by atoms with E-state index in [1.165, 1.54) is 4.88 Å². The molecule has 0 saturated heterocycles. The van der Waals surface area contributed by atoms with Crippen molar-refractivity contribution in [3.05, 3.63) is 43.8 Å². The number of benzene rings is 1. The van der Waals surface area contributed by atoms with E-state index in [1.807, 2.05) is 12.1 Å². The van der Waals surface area contributed by atoms with Crippen molar-refractivity contribution in [2.45, 2.75) is 32.6 Å². The second kappa shape index (κ2) is 5.43. The molecule has 0 bridgehead atoms. The number of aromatic nitrogens is 1. The lowest BCUT2D eigenvalue weighted by molar-refractivity contribution is 0.568. The molecule has 0 aliphatic heterocycles. The molecule has 0 atom stereocenters. The van der Waals surface area contributed by atoms with Gasteiger partial charge in [0.15, 0.2) is 5.13 Å². The summed E-state index contributed by atoms with van der Waals surface area (Å²) in [5.74, 6) is 0. The van der Waals surface area contributed by atoms with Crippen LogP contribution in [0.1, 0.15) is 36.9 Å². The summed E-state index contributed by atoms with van der Waals surface area (Å²) in [6.07, 6.45) is 0.794. The number of nitrogen functional groups attached to an aromatic ring is 1. The Morgan fingerprint density at radius 1 is 1.37 bits per heavy atom. The first kappa shape index (κ1) is 14.8. The molecule has 2 aromatic rings. The first-order valence-electron chi connectivity index (χ1n) is 5.97. The molecule has 1 heterocycles. The van der Waals surface area contributed by atoms with Crippen LogP contribution in [0, 0.1) is 0 Å². The smallest absolute Gasteiger partial charge is 0.180 e. The molecule has 0 aliphatic carbocycles. The molecule has 2 rings (SSSR count). The van der Waals surface area contributed by atoms with Crippen LogP contribution in [0.2, 0.25) is 5.02 Å². The van der Waals surface area contributed by atoms with Crippen molar-refractivity contribution < 1.29 is 0 Å². The Bertz CT molecular complexity index is 602. The Kier molecular flexibility index (Phi) is 4.23. The van der Waals surface area contributed by atoms with Crippen molar-refractivity contribution in [2.24, 2.45) is 0 Å². The predicted octanol–water partition coefficient (Wildman–Crippen LogP) is 5.03. The number of halogens is 2. The molecule has 0 spiro atoms. The normalized spacial score (nSPS) is 11.8. The van der Waals surface area contributed by atoms with Crippen LogP contribution in [0.4, 0.5) is 5.13 Å². The van der Waals surface area contributed by atoms with E-state index in [0.29, 0.717) is 5.13 Å². The molecule has 5 heteroatoms. The topological polar surface area (TPSA) is 38.9 Å². The summed E-state index contributed by atoms with van der Waals surface area (Å²) >= 11 is 11.2. The van der Waals surface area contributed by atoms with E-state index < -0.39 is 0 Å². The van der Waals surface area contributed by atoms with E-state index >= 15 is 0 Å². The Hall–Kier alpha value is -0.580. The molecule has 0 saturated carbocycles. The molecule has 1 aromatic heterocycles. The predicted molar refractivity (Wildman–Crippen MR) is 87.2 cm³/mol. The third-order valence-corrected chi connectivity index (χ3v) is 5.17. The maximum Gasteiger partial charge on any atom is 0.180 e. The fourth-order valence-corrected chi connectivity index (χ4v) is 3.60. The van der Waals surface area contributed by atoms with Gasteiger partial charge in [-0.15, -0.1) is 11.3 Å². The van der Waals surface area contributed by atoms with Gasteiger partial charge in [-0.3, -0.25) is 0 Å². The summed E-state index contributed by atoms with van der Waals surface area (Å²) in [4.78, 5) is 5.68. The Balaban J connectivity index is 2.41. The van der Waals surface area contributed by atoms with Crippen molar-refractivity contribution >= 4 is 44.0 Å². The Labute approximate surface area is 131 Å². The maximum absolute atomic E-state index is 6.13. The molecule has 0 amide bonds. The first-order valence-corrected chi connectivity index (χ1v) is 7.96.